The predicted molar refractivity (Wildman–Crippen MR) is 164 cm³/mol. The van der Waals surface area contributed by atoms with E-state index < -0.39 is 0 Å². The Labute approximate surface area is 261 Å². The summed E-state index contributed by atoms with van der Waals surface area (Å²) in [7, 11) is 0. The summed E-state index contributed by atoms with van der Waals surface area (Å²) in [6, 6.07) is 0. The van der Waals surface area contributed by atoms with Gasteiger partial charge < -0.3 is 18.9 Å². The Bertz CT molecular complexity index is 1190. The first kappa shape index (κ1) is 32.2. The Morgan fingerprint density at radius 3 is 1.20 bits per heavy atom. The highest BCUT2D eigenvalue weighted by molar-refractivity contribution is 5.68. The Balaban J connectivity index is 0.000000175. The lowest BCUT2D eigenvalue weighted by Gasteiger charge is -2.44. The van der Waals surface area contributed by atoms with Gasteiger partial charge in [0.1, 0.15) is 24.4 Å². The molecule has 0 aromatic carbocycles. The van der Waals surface area contributed by atoms with Gasteiger partial charge in [-0.1, -0.05) is 48.6 Å². The highest BCUT2D eigenvalue weighted by Gasteiger charge is 2.55. The zero-order valence-corrected chi connectivity index (χ0v) is 26.7. The fourth-order valence-electron chi connectivity index (χ4n) is 9.20. The second kappa shape index (κ2) is 12.7. The van der Waals surface area contributed by atoms with Crippen LogP contribution in [-0.2, 0) is 38.1 Å². The van der Waals surface area contributed by atoms with Gasteiger partial charge in [0.25, 0.3) is 0 Å². The number of carbonyl (C=O) groups is 4. The number of hydrogen-bond acceptors (Lipinski definition) is 8. The van der Waals surface area contributed by atoms with E-state index in [1.54, 1.807) is 0 Å². The molecular formula is C36H48O8. The predicted octanol–water partition coefficient (Wildman–Crippen LogP) is 6.63. The summed E-state index contributed by atoms with van der Waals surface area (Å²) in [6.45, 7) is 5.66. The molecule has 0 N–H and O–H groups in total. The average Bonchev–Trinajstić information content (AvgIpc) is 3.64. The van der Waals surface area contributed by atoms with E-state index in [1.165, 1.54) is 27.7 Å². The minimum atomic E-state index is -0.336. The lowest BCUT2D eigenvalue weighted by Crippen LogP contribution is -2.42. The third-order valence-corrected chi connectivity index (χ3v) is 11.3. The highest BCUT2D eigenvalue weighted by atomic mass is 16.6. The molecule has 6 unspecified atom stereocenters. The van der Waals surface area contributed by atoms with E-state index in [4.69, 9.17) is 18.9 Å². The number of hydrogen-bond donors (Lipinski definition) is 0. The average molecular weight is 609 g/mol. The molecule has 6 aliphatic carbocycles. The largest absolute Gasteiger partial charge is 0.459 e. The maximum absolute atomic E-state index is 11.4. The van der Waals surface area contributed by atoms with Crippen LogP contribution in [0.2, 0.25) is 0 Å². The maximum Gasteiger partial charge on any atom is 0.303 e. The molecule has 0 aromatic heterocycles. The Morgan fingerprint density at radius 2 is 0.818 bits per heavy atom. The van der Waals surface area contributed by atoms with E-state index in [9.17, 15) is 19.2 Å². The zero-order valence-electron chi connectivity index (χ0n) is 26.7. The summed E-state index contributed by atoms with van der Waals surface area (Å²) >= 11 is 0. The fourth-order valence-corrected chi connectivity index (χ4v) is 9.20. The molecule has 6 atom stereocenters. The van der Waals surface area contributed by atoms with Crippen molar-refractivity contribution in [1.82, 2.24) is 0 Å². The van der Waals surface area contributed by atoms with E-state index in [2.05, 4.69) is 48.6 Å². The van der Waals surface area contributed by atoms with Crippen molar-refractivity contribution in [2.24, 2.45) is 21.7 Å². The van der Waals surface area contributed by atoms with E-state index >= 15 is 0 Å². The monoisotopic (exact) mass is 608 g/mol. The number of ether oxygens (including phenoxy) is 4. The van der Waals surface area contributed by atoms with Gasteiger partial charge >= 0.3 is 23.9 Å². The van der Waals surface area contributed by atoms with E-state index in [1.807, 2.05) is 0 Å². The molecule has 8 nitrogen and oxygen atoms in total. The minimum Gasteiger partial charge on any atom is -0.459 e. The number of rotatable bonds is 4. The van der Waals surface area contributed by atoms with E-state index in [0.29, 0.717) is 0 Å². The van der Waals surface area contributed by atoms with Crippen LogP contribution < -0.4 is 0 Å². The third-order valence-electron chi connectivity index (χ3n) is 11.3. The van der Waals surface area contributed by atoms with Crippen molar-refractivity contribution in [2.75, 3.05) is 0 Å². The summed E-state index contributed by atoms with van der Waals surface area (Å²) in [4.78, 5) is 45.6. The molecule has 0 amide bonds. The Kier molecular flexibility index (Phi) is 9.29. The molecule has 2 fully saturated rings. The minimum absolute atomic E-state index is 0.104. The molecule has 0 aromatic rings. The van der Waals surface area contributed by atoms with Crippen LogP contribution in [0.4, 0.5) is 0 Å². The Morgan fingerprint density at radius 1 is 0.477 bits per heavy atom. The van der Waals surface area contributed by atoms with Crippen LogP contribution in [0.25, 0.3) is 0 Å². The van der Waals surface area contributed by atoms with Gasteiger partial charge in [-0.25, -0.2) is 0 Å². The molecule has 6 rings (SSSR count). The highest BCUT2D eigenvalue weighted by Crippen LogP contribution is 2.63. The van der Waals surface area contributed by atoms with Gasteiger partial charge in [-0.15, -0.1) is 0 Å². The smallest absolute Gasteiger partial charge is 0.303 e. The maximum atomic E-state index is 11.4. The normalized spacial score (nSPS) is 39.5. The number of carbonyl (C=O) groups excluding carboxylic acids is 4. The van der Waals surface area contributed by atoms with Gasteiger partial charge in [0.05, 0.1) is 0 Å². The van der Waals surface area contributed by atoms with Crippen molar-refractivity contribution >= 4 is 23.9 Å². The van der Waals surface area contributed by atoms with Gasteiger partial charge in [-0.05, 0) is 82.5 Å². The zero-order chi connectivity index (χ0) is 31.6. The SMILES string of the molecule is CC(=O)OC1CCC23C=CCC2(C=CC3)CCC1OC(C)=O.CC(=O)OC1CCC23C=CCC2(CC=C3)CCC1OC(C)=O. The van der Waals surface area contributed by atoms with Crippen LogP contribution in [-0.4, -0.2) is 48.3 Å². The summed E-state index contributed by atoms with van der Waals surface area (Å²) in [6.07, 6.45) is 28.4. The van der Waals surface area contributed by atoms with Crippen molar-refractivity contribution in [3.05, 3.63) is 48.6 Å². The molecule has 0 aliphatic heterocycles. The summed E-state index contributed by atoms with van der Waals surface area (Å²) in [5, 5.41) is 0. The van der Waals surface area contributed by atoms with Crippen LogP contribution in [0.1, 0.15) is 105 Å². The van der Waals surface area contributed by atoms with E-state index in [0.717, 1.165) is 77.0 Å². The second-order valence-corrected chi connectivity index (χ2v) is 13.8. The molecular weight excluding hydrogens is 560 g/mol. The van der Waals surface area contributed by atoms with Gasteiger partial charge in [-0.2, -0.15) is 0 Å². The molecule has 2 saturated carbocycles. The second-order valence-electron chi connectivity index (χ2n) is 13.8. The van der Waals surface area contributed by atoms with Crippen LogP contribution in [0, 0.1) is 21.7 Å². The molecule has 0 spiro atoms. The van der Waals surface area contributed by atoms with Crippen molar-refractivity contribution in [2.45, 2.75) is 129 Å². The van der Waals surface area contributed by atoms with Crippen molar-refractivity contribution in [3.63, 3.8) is 0 Å². The molecule has 0 bridgehead atoms. The number of esters is 4. The van der Waals surface area contributed by atoms with Crippen LogP contribution in [0.15, 0.2) is 48.6 Å². The number of allylic oxidation sites excluding steroid dienone is 8. The summed E-state index contributed by atoms with van der Waals surface area (Å²) < 4.78 is 21.9. The van der Waals surface area contributed by atoms with Gasteiger partial charge in [0.15, 0.2) is 0 Å². The first-order valence-electron chi connectivity index (χ1n) is 16.3. The van der Waals surface area contributed by atoms with Crippen LogP contribution >= 0.6 is 0 Å². The first-order chi connectivity index (χ1) is 20.9. The summed E-state index contributed by atoms with van der Waals surface area (Å²) in [5.74, 6) is -1.23. The first-order valence-corrected chi connectivity index (χ1v) is 16.3. The van der Waals surface area contributed by atoms with Crippen molar-refractivity contribution < 1.29 is 38.1 Å². The van der Waals surface area contributed by atoms with E-state index in [-0.39, 0.29) is 70.0 Å². The molecule has 8 heteroatoms. The van der Waals surface area contributed by atoms with Crippen LogP contribution in [0.3, 0.4) is 0 Å². The Hall–Kier alpha value is -3.16. The topological polar surface area (TPSA) is 105 Å². The fraction of sp³-hybridized carbons (Fsp3) is 0.667. The van der Waals surface area contributed by atoms with Crippen molar-refractivity contribution in [3.8, 4) is 0 Å². The van der Waals surface area contributed by atoms with Gasteiger partial charge in [-0.3, -0.25) is 19.2 Å². The molecule has 0 radical (unpaired) electrons. The standard InChI is InChI=1S/2C18H24O4/c2*1-13(19)21-15-5-11-17-7-3-9-18(17,10-4-8-17)12-6-16(15)22-14(2)20/h3-4,7,10,15-16H,5-6,8-9,11-12H2,1-2H3;3-4,7-8,15-16H,5-6,9-12H2,1-2H3. The van der Waals surface area contributed by atoms with Gasteiger partial charge in [0, 0.05) is 43.9 Å². The molecule has 240 valence electrons. The lowest BCUT2D eigenvalue weighted by molar-refractivity contribution is -0.169. The molecule has 44 heavy (non-hydrogen) atoms. The summed E-state index contributed by atoms with van der Waals surface area (Å²) in [5.41, 5.74) is 0.693. The van der Waals surface area contributed by atoms with Gasteiger partial charge in [0.2, 0.25) is 0 Å². The van der Waals surface area contributed by atoms with Crippen molar-refractivity contribution in [1.29, 1.82) is 0 Å². The van der Waals surface area contributed by atoms with Crippen LogP contribution in [0.5, 0.6) is 0 Å². The molecule has 0 heterocycles. The molecule has 0 saturated heterocycles. The molecule has 6 aliphatic rings. The lowest BCUT2D eigenvalue weighted by atomic mass is 9.61. The third kappa shape index (κ3) is 6.18. The quantitative estimate of drug-likeness (QED) is 0.199.